The van der Waals surface area contributed by atoms with Crippen molar-refractivity contribution in [1.29, 1.82) is 0 Å². The Labute approximate surface area is 328 Å². The zero-order chi connectivity index (χ0) is 39.1. The molecule has 0 saturated heterocycles. The van der Waals surface area contributed by atoms with Crippen LogP contribution in [0, 0.1) is 0 Å². The fourth-order valence-corrected chi connectivity index (χ4v) is 6.94. The third-order valence-corrected chi connectivity index (χ3v) is 10.4. The van der Waals surface area contributed by atoms with E-state index in [-0.39, 0.29) is 11.5 Å². The number of nitrogens with zero attached hydrogens (tertiary/aromatic N) is 2. The summed E-state index contributed by atoms with van der Waals surface area (Å²) in [6.45, 7) is 15.6. The zero-order valence-electron chi connectivity index (χ0n) is 34.8. The summed E-state index contributed by atoms with van der Waals surface area (Å²) >= 11 is 0. The molecule has 0 saturated carbocycles. The summed E-state index contributed by atoms with van der Waals surface area (Å²) in [5.74, 6) is -0.0939. The van der Waals surface area contributed by atoms with Gasteiger partial charge < -0.3 is 10.2 Å². The van der Waals surface area contributed by atoms with Crippen LogP contribution in [-0.2, 0) is 32.1 Å². The molecule has 0 spiro atoms. The summed E-state index contributed by atoms with van der Waals surface area (Å²) in [6, 6.07) is 22.7. The second-order valence-electron chi connectivity index (χ2n) is 14.5. The Morgan fingerprint density at radius 1 is 0.537 bits per heavy atom. The van der Waals surface area contributed by atoms with Crippen molar-refractivity contribution in [1.82, 2.24) is 0 Å². The van der Waals surface area contributed by atoms with Gasteiger partial charge in [-0.25, -0.2) is 4.99 Å². The van der Waals surface area contributed by atoms with Gasteiger partial charge in [0.2, 0.25) is 0 Å². The molecule has 0 amide bonds. The second-order valence-corrected chi connectivity index (χ2v) is 14.5. The highest BCUT2D eigenvalue weighted by Crippen LogP contribution is 2.34. The topological polar surface area (TPSA) is 65.2 Å². The summed E-state index contributed by atoms with van der Waals surface area (Å²) in [7, 11) is 0. The van der Waals surface area contributed by atoms with Crippen LogP contribution in [0.5, 0.6) is 11.5 Å². The maximum atomic E-state index is 9.63. The lowest BCUT2D eigenvalue weighted by molar-refractivity contribution is 0.408. The van der Waals surface area contributed by atoms with Crippen molar-refractivity contribution < 1.29 is 10.2 Å². The van der Waals surface area contributed by atoms with Crippen LogP contribution in [-0.4, -0.2) is 21.6 Å². The average molecular weight is 731 g/mol. The van der Waals surface area contributed by atoms with Gasteiger partial charge in [-0.05, 0) is 133 Å². The molecular formula is C50H70N2O2. The number of aliphatic imine (C=N–C) groups is 2. The van der Waals surface area contributed by atoms with Gasteiger partial charge in [0, 0.05) is 5.39 Å². The molecule has 0 radical (unpaired) electrons. The van der Waals surface area contributed by atoms with Gasteiger partial charge in [-0.15, -0.1) is 0 Å². The molecule has 4 nitrogen and oxygen atoms in total. The number of phenols is 2. The minimum Gasteiger partial charge on any atom is -0.504 e. The highest BCUT2D eigenvalue weighted by molar-refractivity contribution is 6.47. The molecule has 0 atom stereocenters. The van der Waals surface area contributed by atoms with Gasteiger partial charge in [0.15, 0.2) is 11.5 Å². The number of aryl methyl sites for hydroxylation is 5. The van der Waals surface area contributed by atoms with Crippen LogP contribution >= 0.6 is 0 Å². The molecule has 4 aromatic carbocycles. The van der Waals surface area contributed by atoms with Crippen molar-refractivity contribution in [2.45, 2.75) is 158 Å². The van der Waals surface area contributed by atoms with Crippen LogP contribution in [0.25, 0.3) is 10.8 Å². The quantitative estimate of drug-likeness (QED) is 0.0509. The van der Waals surface area contributed by atoms with Crippen LogP contribution in [0.1, 0.15) is 153 Å². The molecule has 0 aliphatic carbocycles. The number of hydrogen-bond acceptors (Lipinski definition) is 4. The first-order valence-corrected chi connectivity index (χ1v) is 21.3. The summed E-state index contributed by atoms with van der Waals surface area (Å²) in [6.07, 6.45) is 24.9. The fraction of sp³-hybridized carbons (Fsp3) is 0.480. The van der Waals surface area contributed by atoms with Gasteiger partial charge in [0.1, 0.15) is 0 Å². The second kappa shape index (κ2) is 25.0. The SMILES string of the molecule is CCCCCCCCCCC=CC(=Nc1ccc(CC)c(CC)c1)C(CCCC)=Nc1ccc(CC)c(CC)c1.CCc1ccc2ccc(O)c(O)c2c1. The molecule has 0 heterocycles. The largest absolute Gasteiger partial charge is 0.504 e. The number of hydrogen-bond donors (Lipinski definition) is 2. The molecule has 4 heteroatoms. The van der Waals surface area contributed by atoms with E-state index in [1.165, 1.54) is 79.7 Å². The van der Waals surface area contributed by atoms with Crippen molar-refractivity contribution in [2.75, 3.05) is 0 Å². The van der Waals surface area contributed by atoms with Crippen LogP contribution < -0.4 is 0 Å². The molecule has 0 fully saturated rings. The Bertz CT molecular complexity index is 1800. The van der Waals surface area contributed by atoms with Crippen molar-refractivity contribution >= 4 is 33.6 Å². The van der Waals surface area contributed by atoms with E-state index < -0.39 is 0 Å². The van der Waals surface area contributed by atoms with Crippen LogP contribution in [0.4, 0.5) is 11.4 Å². The summed E-state index contributed by atoms with van der Waals surface area (Å²) in [5, 5.41) is 20.6. The number of allylic oxidation sites excluding steroid dienone is 2. The van der Waals surface area contributed by atoms with Crippen LogP contribution in [0.15, 0.2) is 88.9 Å². The Morgan fingerprint density at radius 2 is 1.09 bits per heavy atom. The highest BCUT2D eigenvalue weighted by Gasteiger charge is 2.10. The molecule has 292 valence electrons. The fourth-order valence-electron chi connectivity index (χ4n) is 6.94. The van der Waals surface area contributed by atoms with E-state index >= 15 is 0 Å². The van der Waals surface area contributed by atoms with E-state index in [1.54, 1.807) is 6.07 Å². The minimum absolute atomic E-state index is 0.0298. The van der Waals surface area contributed by atoms with Gasteiger partial charge in [0.05, 0.1) is 22.8 Å². The first kappa shape index (κ1) is 44.2. The maximum absolute atomic E-state index is 9.63. The van der Waals surface area contributed by atoms with Crippen LogP contribution in [0.2, 0.25) is 0 Å². The molecule has 0 bridgehead atoms. The van der Waals surface area contributed by atoms with E-state index in [4.69, 9.17) is 9.98 Å². The first-order valence-electron chi connectivity index (χ1n) is 21.3. The Kier molecular flexibility index (Phi) is 20.5. The predicted octanol–water partition coefficient (Wildman–Crippen LogP) is 14.9. The van der Waals surface area contributed by atoms with Crippen molar-refractivity contribution in [3.05, 3.63) is 107 Å². The highest BCUT2D eigenvalue weighted by atomic mass is 16.3. The summed E-state index contributed by atoms with van der Waals surface area (Å²) in [4.78, 5) is 10.5. The van der Waals surface area contributed by atoms with E-state index in [0.29, 0.717) is 5.39 Å². The van der Waals surface area contributed by atoms with E-state index in [1.807, 2.05) is 18.2 Å². The lowest BCUT2D eigenvalue weighted by Crippen LogP contribution is -2.12. The number of phenolic OH excluding ortho intramolecular Hbond substituents is 2. The molecule has 54 heavy (non-hydrogen) atoms. The minimum atomic E-state index is -0.0641. The van der Waals surface area contributed by atoms with Crippen LogP contribution in [0.3, 0.4) is 0 Å². The van der Waals surface area contributed by atoms with Gasteiger partial charge in [-0.1, -0.05) is 136 Å². The average Bonchev–Trinajstić information content (AvgIpc) is 3.21. The molecule has 0 aromatic heterocycles. The Hall–Kier alpha value is -4.18. The van der Waals surface area contributed by atoms with Crippen molar-refractivity contribution in [2.24, 2.45) is 9.98 Å². The molecule has 0 aliphatic heterocycles. The smallest absolute Gasteiger partial charge is 0.165 e. The number of aromatic hydroxyl groups is 2. The van der Waals surface area contributed by atoms with Crippen molar-refractivity contribution in [3.63, 3.8) is 0 Å². The molecule has 2 N–H and O–H groups in total. The monoisotopic (exact) mass is 731 g/mol. The van der Waals surface area contributed by atoms with Gasteiger partial charge >= 0.3 is 0 Å². The van der Waals surface area contributed by atoms with Gasteiger partial charge in [-0.2, -0.15) is 0 Å². The van der Waals surface area contributed by atoms with E-state index in [0.717, 1.165) is 91.5 Å². The lowest BCUT2D eigenvalue weighted by atomic mass is 10.0. The third kappa shape index (κ3) is 14.2. The van der Waals surface area contributed by atoms with Gasteiger partial charge in [0.25, 0.3) is 0 Å². The first-order chi connectivity index (χ1) is 26.3. The Balaban J connectivity index is 0.000000462. The van der Waals surface area contributed by atoms with E-state index in [9.17, 15) is 10.2 Å². The number of rotatable bonds is 21. The molecular weight excluding hydrogens is 661 g/mol. The number of benzene rings is 4. The number of unbranched alkanes of at least 4 members (excludes halogenated alkanes) is 9. The zero-order valence-corrected chi connectivity index (χ0v) is 34.8. The maximum Gasteiger partial charge on any atom is 0.165 e. The lowest BCUT2D eigenvalue weighted by Gasteiger charge is -2.11. The Morgan fingerprint density at radius 3 is 1.67 bits per heavy atom. The molecule has 4 aromatic rings. The summed E-state index contributed by atoms with van der Waals surface area (Å²) < 4.78 is 0. The number of fused-ring (bicyclic) bond motifs is 1. The molecule has 4 rings (SSSR count). The standard InChI is InChI=1S/C38H58N2.C12H12O2/c1-7-13-15-16-17-18-19-20-21-22-24-38(40-36-28-26-32(10-4)34(12-6)30-36)37(23-14-8-2)39-35-27-25-31(9-3)33(11-5)29-35;1-2-8-3-4-9-5-6-11(13)12(14)10(9)7-8/h22,24-30H,7-21,23H2,1-6H3;3-7,13-14H,2H2,1H3. The van der Waals surface area contributed by atoms with Crippen molar-refractivity contribution in [3.8, 4) is 11.5 Å². The predicted molar refractivity (Wildman–Crippen MR) is 237 cm³/mol. The molecule has 0 aliphatic rings. The van der Waals surface area contributed by atoms with Gasteiger partial charge in [-0.3, -0.25) is 4.99 Å². The molecule has 0 unspecified atom stereocenters. The third-order valence-electron chi connectivity index (χ3n) is 10.4. The van der Waals surface area contributed by atoms with E-state index in [2.05, 4.69) is 97.0 Å². The summed E-state index contributed by atoms with van der Waals surface area (Å²) in [5.41, 5.74) is 11.1. The normalized spacial score (nSPS) is 12.1.